The molecule has 0 bridgehead atoms. The van der Waals surface area contributed by atoms with E-state index in [1.165, 1.54) is 4.90 Å². The van der Waals surface area contributed by atoms with Gasteiger partial charge >= 0.3 is 6.03 Å². The number of carbonyl (C=O) groups excluding carboxylic acids is 3. The summed E-state index contributed by atoms with van der Waals surface area (Å²) in [6.45, 7) is 1.89. The number of benzene rings is 1. The number of barbiturate groups is 1. The summed E-state index contributed by atoms with van der Waals surface area (Å²) in [6.07, 6.45) is 2.55. The van der Waals surface area contributed by atoms with Crippen LogP contribution in [-0.2, 0) is 9.59 Å². The summed E-state index contributed by atoms with van der Waals surface area (Å²) in [4.78, 5) is 38.2. The van der Waals surface area contributed by atoms with Gasteiger partial charge in [-0.25, -0.2) is 4.79 Å². The van der Waals surface area contributed by atoms with Gasteiger partial charge in [0.25, 0.3) is 0 Å². The highest BCUT2D eigenvalue weighted by atomic mass is 79.9. The van der Waals surface area contributed by atoms with Gasteiger partial charge in [-0.05, 0) is 37.8 Å². The lowest BCUT2D eigenvalue weighted by Gasteiger charge is -2.48. The van der Waals surface area contributed by atoms with Gasteiger partial charge in [-0.15, -0.1) is 0 Å². The highest BCUT2D eigenvalue weighted by Crippen LogP contribution is 2.40. The van der Waals surface area contributed by atoms with Crippen molar-refractivity contribution in [3.05, 3.63) is 34.3 Å². The molecule has 110 valence electrons. The van der Waals surface area contributed by atoms with Crippen LogP contribution < -0.4 is 5.32 Å². The summed E-state index contributed by atoms with van der Waals surface area (Å²) < 4.78 is 0.687. The first-order chi connectivity index (χ1) is 9.94. The van der Waals surface area contributed by atoms with Crippen LogP contribution in [0.15, 0.2) is 28.7 Å². The van der Waals surface area contributed by atoms with Gasteiger partial charge in [0, 0.05) is 10.0 Å². The Hall–Kier alpha value is -1.69. The SMILES string of the molecule is CC1(N2C(=O)NC(=O)C(c3ccccc3Br)C2=O)CCC1. The maximum absolute atomic E-state index is 12.8. The van der Waals surface area contributed by atoms with Crippen molar-refractivity contribution in [1.29, 1.82) is 0 Å². The van der Waals surface area contributed by atoms with E-state index in [0.29, 0.717) is 10.0 Å². The van der Waals surface area contributed by atoms with Crippen LogP contribution in [0.3, 0.4) is 0 Å². The quantitative estimate of drug-likeness (QED) is 0.833. The van der Waals surface area contributed by atoms with Gasteiger partial charge in [-0.3, -0.25) is 19.8 Å². The monoisotopic (exact) mass is 350 g/mol. The molecule has 21 heavy (non-hydrogen) atoms. The largest absolute Gasteiger partial charge is 0.331 e. The Kier molecular flexibility index (Phi) is 3.36. The van der Waals surface area contributed by atoms with Crippen molar-refractivity contribution in [2.75, 3.05) is 0 Å². The molecule has 1 atom stereocenters. The Bertz CT molecular complexity index is 640. The number of hydrogen-bond donors (Lipinski definition) is 1. The molecule has 4 amide bonds. The second kappa shape index (κ2) is 4.94. The first kappa shape index (κ1) is 14.3. The summed E-state index contributed by atoms with van der Waals surface area (Å²) in [6, 6.07) is 6.49. The number of halogens is 1. The lowest BCUT2D eigenvalue weighted by Crippen LogP contribution is -2.66. The van der Waals surface area contributed by atoms with Crippen molar-refractivity contribution in [1.82, 2.24) is 10.2 Å². The lowest BCUT2D eigenvalue weighted by atomic mass is 9.76. The molecule has 1 unspecified atom stereocenters. The molecule has 1 saturated carbocycles. The van der Waals surface area contributed by atoms with E-state index in [4.69, 9.17) is 0 Å². The van der Waals surface area contributed by atoms with E-state index in [0.717, 1.165) is 19.3 Å². The third-order valence-corrected chi connectivity index (χ3v) is 5.07. The topological polar surface area (TPSA) is 66.5 Å². The zero-order chi connectivity index (χ0) is 15.2. The van der Waals surface area contributed by atoms with Crippen molar-refractivity contribution in [2.24, 2.45) is 0 Å². The summed E-state index contributed by atoms with van der Waals surface area (Å²) in [5.41, 5.74) is 0.113. The molecule has 1 aliphatic carbocycles. The Morgan fingerprint density at radius 2 is 1.90 bits per heavy atom. The zero-order valence-corrected chi connectivity index (χ0v) is 13.1. The number of nitrogens with one attached hydrogen (secondary N) is 1. The van der Waals surface area contributed by atoms with E-state index in [1.54, 1.807) is 18.2 Å². The molecule has 1 heterocycles. The lowest BCUT2D eigenvalue weighted by molar-refractivity contribution is -0.144. The van der Waals surface area contributed by atoms with E-state index in [1.807, 2.05) is 13.0 Å². The molecular formula is C15H15BrN2O3. The van der Waals surface area contributed by atoms with Gasteiger partial charge in [0.2, 0.25) is 11.8 Å². The second-order valence-corrected chi connectivity index (χ2v) is 6.63. The van der Waals surface area contributed by atoms with Crippen LogP contribution in [0.2, 0.25) is 0 Å². The minimum Gasteiger partial charge on any atom is -0.277 e. The predicted molar refractivity (Wildman–Crippen MR) is 79.5 cm³/mol. The van der Waals surface area contributed by atoms with Crippen LogP contribution in [0.25, 0.3) is 0 Å². The third-order valence-electron chi connectivity index (χ3n) is 4.35. The van der Waals surface area contributed by atoms with Crippen LogP contribution in [-0.4, -0.2) is 28.3 Å². The van der Waals surface area contributed by atoms with Crippen molar-refractivity contribution in [2.45, 2.75) is 37.6 Å². The number of amides is 4. The molecule has 2 aliphatic rings. The van der Waals surface area contributed by atoms with Gasteiger partial charge in [0.15, 0.2) is 0 Å². The van der Waals surface area contributed by atoms with E-state index in [2.05, 4.69) is 21.2 Å². The van der Waals surface area contributed by atoms with Gasteiger partial charge in [0.05, 0.1) is 0 Å². The number of imide groups is 2. The first-order valence-electron chi connectivity index (χ1n) is 6.87. The summed E-state index contributed by atoms with van der Waals surface area (Å²) in [7, 11) is 0. The van der Waals surface area contributed by atoms with Crippen LogP contribution in [0.4, 0.5) is 4.79 Å². The van der Waals surface area contributed by atoms with Crippen molar-refractivity contribution < 1.29 is 14.4 Å². The fourth-order valence-corrected chi connectivity index (χ4v) is 3.50. The molecule has 1 aromatic carbocycles. The second-order valence-electron chi connectivity index (χ2n) is 5.77. The zero-order valence-electron chi connectivity index (χ0n) is 11.6. The number of rotatable bonds is 2. The molecule has 1 aliphatic heterocycles. The maximum Gasteiger partial charge on any atom is 0.331 e. The number of hydrogen-bond acceptors (Lipinski definition) is 3. The van der Waals surface area contributed by atoms with E-state index in [9.17, 15) is 14.4 Å². The van der Waals surface area contributed by atoms with Crippen LogP contribution >= 0.6 is 15.9 Å². The fourth-order valence-electron chi connectivity index (χ4n) is 2.98. The van der Waals surface area contributed by atoms with Gasteiger partial charge < -0.3 is 0 Å². The van der Waals surface area contributed by atoms with Crippen molar-refractivity contribution in [3.63, 3.8) is 0 Å². The Labute approximate surface area is 130 Å². The van der Waals surface area contributed by atoms with E-state index < -0.39 is 29.3 Å². The molecule has 1 N–H and O–H groups in total. The smallest absolute Gasteiger partial charge is 0.277 e. The average Bonchev–Trinajstić information content (AvgIpc) is 2.38. The van der Waals surface area contributed by atoms with Gasteiger partial charge in [-0.2, -0.15) is 0 Å². The predicted octanol–water partition coefficient (Wildman–Crippen LogP) is 2.55. The van der Waals surface area contributed by atoms with Gasteiger partial charge in [-0.1, -0.05) is 34.1 Å². The summed E-state index contributed by atoms with van der Waals surface area (Å²) >= 11 is 3.37. The van der Waals surface area contributed by atoms with Crippen LogP contribution in [0, 0.1) is 0 Å². The minimum atomic E-state index is -0.976. The average molecular weight is 351 g/mol. The highest BCUT2D eigenvalue weighted by molar-refractivity contribution is 9.10. The molecule has 6 heteroatoms. The number of nitrogens with zero attached hydrogens (tertiary/aromatic N) is 1. The number of urea groups is 1. The minimum absolute atomic E-state index is 0.433. The Morgan fingerprint density at radius 1 is 1.24 bits per heavy atom. The normalized spacial score (nSPS) is 24.6. The van der Waals surface area contributed by atoms with Crippen LogP contribution in [0.1, 0.15) is 37.7 Å². The molecule has 0 spiro atoms. The summed E-state index contributed by atoms with van der Waals surface area (Å²) in [5.74, 6) is -1.97. The standard InChI is InChI=1S/C15H15BrN2O3/c1-15(7-4-8-15)18-13(20)11(12(19)17-14(18)21)9-5-2-3-6-10(9)16/h2-3,5-6,11H,4,7-8H2,1H3,(H,17,19,21). The molecule has 5 nitrogen and oxygen atoms in total. The summed E-state index contributed by atoms with van der Waals surface area (Å²) in [5, 5.41) is 2.32. The number of carbonyl (C=O) groups is 3. The third kappa shape index (κ3) is 2.18. The Morgan fingerprint density at radius 3 is 2.48 bits per heavy atom. The molecule has 0 aromatic heterocycles. The molecule has 3 rings (SSSR count). The molecule has 1 aromatic rings. The first-order valence-corrected chi connectivity index (χ1v) is 7.67. The molecule has 0 radical (unpaired) electrons. The Balaban J connectivity index is 2.01. The van der Waals surface area contributed by atoms with E-state index in [-0.39, 0.29) is 0 Å². The van der Waals surface area contributed by atoms with Gasteiger partial charge in [0.1, 0.15) is 5.92 Å². The highest BCUT2D eigenvalue weighted by Gasteiger charge is 2.51. The van der Waals surface area contributed by atoms with E-state index >= 15 is 0 Å². The van der Waals surface area contributed by atoms with Crippen molar-refractivity contribution in [3.8, 4) is 0 Å². The molecular weight excluding hydrogens is 336 g/mol. The maximum atomic E-state index is 12.8. The molecule has 2 fully saturated rings. The molecule has 1 saturated heterocycles. The van der Waals surface area contributed by atoms with Crippen molar-refractivity contribution >= 4 is 33.8 Å². The fraction of sp³-hybridized carbons (Fsp3) is 0.400. The van der Waals surface area contributed by atoms with Crippen LogP contribution in [0.5, 0.6) is 0 Å².